The second kappa shape index (κ2) is 6.29. The lowest BCUT2D eigenvalue weighted by molar-refractivity contribution is 0.0885. The number of amides is 1. The van der Waals surface area contributed by atoms with Crippen molar-refractivity contribution < 1.29 is 9.90 Å². The maximum Gasteiger partial charge on any atom is 0.251 e. The van der Waals surface area contributed by atoms with Gasteiger partial charge in [0, 0.05) is 24.4 Å². The van der Waals surface area contributed by atoms with Crippen LogP contribution in [0.1, 0.15) is 37.6 Å². The zero-order chi connectivity index (χ0) is 13.8. The summed E-state index contributed by atoms with van der Waals surface area (Å²) in [7, 11) is 0. The highest BCUT2D eigenvalue weighted by Gasteiger charge is 2.26. The molecule has 0 bridgehead atoms. The lowest BCUT2D eigenvalue weighted by Gasteiger charge is -2.31. The molecule has 0 aliphatic heterocycles. The number of nitrogens with zero attached hydrogens (tertiary/aromatic N) is 1. The molecule has 0 aliphatic rings. The van der Waals surface area contributed by atoms with E-state index < -0.39 is 0 Å². The van der Waals surface area contributed by atoms with Crippen LogP contribution >= 0.6 is 15.9 Å². The molecule has 0 aliphatic carbocycles. The first kappa shape index (κ1) is 15.1. The summed E-state index contributed by atoms with van der Waals surface area (Å²) in [6.07, 6.45) is 2.12. The average Bonchev–Trinajstić information content (AvgIpc) is 2.27. The summed E-state index contributed by atoms with van der Waals surface area (Å²) in [5.41, 5.74) is 0.465. The van der Waals surface area contributed by atoms with Gasteiger partial charge in [-0.25, -0.2) is 4.98 Å². The van der Waals surface area contributed by atoms with Crippen LogP contribution in [0, 0.1) is 5.41 Å². The number of halogens is 1. The second-order valence-electron chi connectivity index (χ2n) is 5.27. The molecular formula is C13H19BrN2O2. The first-order chi connectivity index (χ1) is 8.34. The van der Waals surface area contributed by atoms with E-state index in [2.05, 4.69) is 26.2 Å². The Kier molecular flexibility index (Phi) is 5.28. The number of aliphatic hydroxyl groups is 1. The molecule has 1 unspecified atom stereocenters. The summed E-state index contributed by atoms with van der Waals surface area (Å²) in [5, 5.41) is 12.0. The Bertz CT molecular complexity index is 416. The third-order valence-electron chi connectivity index (χ3n) is 2.76. The Morgan fingerprint density at radius 1 is 1.56 bits per heavy atom. The highest BCUT2D eigenvalue weighted by atomic mass is 79.9. The Morgan fingerprint density at radius 2 is 2.22 bits per heavy atom. The van der Waals surface area contributed by atoms with E-state index in [1.165, 1.54) is 0 Å². The van der Waals surface area contributed by atoms with Crippen LogP contribution in [-0.2, 0) is 0 Å². The maximum atomic E-state index is 12.1. The van der Waals surface area contributed by atoms with Crippen molar-refractivity contribution in [1.29, 1.82) is 0 Å². The van der Waals surface area contributed by atoms with E-state index in [9.17, 15) is 4.79 Å². The monoisotopic (exact) mass is 314 g/mol. The lowest BCUT2D eigenvalue weighted by atomic mass is 9.85. The van der Waals surface area contributed by atoms with Crippen molar-refractivity contribution in [3.8, 4) is 0 Å². The molecule has 1 aromatic heterocycles. The first-order valence-corrected chi connectivity index (χ1v) is 6.67. The van der Waals surface area contributed by atoms with E-state index >= 15 is 0 Å². The van der Waals surface area contributed by atoms with Crippen molar-refractivity contribution in [3.05, 3.63) is 28.5 Å². The molecule has 0 saturated heterocycles. The zero-order valence-corrected chi connectivity index (χ0v) is 12.5. The van der Waals surface area contributed by atoms with Crippen LogP contribution in [0.5, 0.6) is 0 Å². The smallest absolute Gasteiger partial charge is 0.251 e. The topological polar surface area (TPSA) is 62.2 Å². The molecule has 5 heteroatoms. The Hall–Kier alpha value is -0.940. The van der Waals surface area contributed by atoms with Gasteiger partial charge >= 0.3 is 0 Å². The fourth-order valence-corrected chi connectivity index (χ4v) is 2.00. The number of carbonyl (C=O) groups excluding carboxylic acids is 1. The van der Waals surface area contributed by atoms with Crippen LogP contribution in [-0.4, -0.2) is 28.6 Å². The van der Waals surface area contributed by atoms with E-state index in [1.54, 1.807) is 18.3 Å². The molecule has 0 spiro atoms. The SMILES string of the molecule is CC(C)(C)C(CCO)NC(=O)c1ccnc(Br)c1. The standard InChI is InChI=1S/C13H19BrN2O2/c1-13(2,3)10(5-7-17)16-12(18)9-4-6-15-11(14)8-9/h4,6,8,10,17H,5,7H2,1-3H3,(H,16,18). The normalized spacial score (nSPS) is 13.2. The quantitative estimate of drug-likeness (QED) is 0.839. The number of carbonyl (C=O) groups is 1. The van der Waals surface area contributed by atoms with Crippen molar-refractivity contribution in [2.45, 2.75) is 33.2 Å². The van der Waals surface area contributed by atoms with Crippen molar-refractivity contribution in [3.63, 3.8) is 0 Å². The van der Waals surface area contributed by atoms with Crippen molar-refractivity contribution >= 4 is 21.8 Å². The van der Waals surface area contributed by atoms with Gasteiger partial charge in [0.15, 0.2) is 0 Å². The summed E-state index contributed by atoms with van der Waals surface area (Å²) in [6, 6.07) is 3.27. The summed E-state index contributed by atoms with van der Waals surface area (Å²) < 4.78 is 0.629. The number of aliphatic hydroxyl groups excluding tert-OH is 1. The molecule has 18 heavy (non-hydrogen) atoms. The van der Waals surface area contributed by atoms with Crippen molar-refractivity contribution in [2.24, 2.45) is 5.41 Å². The molecule has 0 radical (unpaired) electrons. The molecule has 100 valence electrons. The predicted molar refractivity (Wildman–Crippen MR) is 74.3 cm³/mol. The predicted octanol–water partition coefficient (Wildman–Crippen LogP) is 2.37. The van der Waals surface area contributed by atoms with Gasteiger partial charge in [0.1, 0.15) is 4.60 Å². The fourth-order valence-electron chi connectivity index (χ4n) is 1.64. The Morgan fingerprint density at radius 3 is 2.72 bits per heavy atom. The summed E-state index contributed by atoms with van der Waals surface area (Å²) >= 11 is 3.24. The number of pyridine rings is 1. The third-order valence-corrected chi connectivity index (χ3v) is 3.19. The minimum absolute atomic E-state index is 0.0578. The van der Waals surface area contributed by atoms with Crippen LogP contribution in [0.3, 0.4) is 0 Å². The van der Waals surface area contributed by atoms with Crippen LogP contribution in [0.15, 0.2) is 22.9 Å². The zero-order valence-electron chi connectivity index (χ0n) is 10.9. The second-order valence-corrected chi connectivity index (χ2v) is 6.08. The highest BCUT2D eigenvalue weighted by Crippen LogP contribution is 2.22. The molecule has 1 amide bonds. The van der Waals surface area contributed by atoms with E-state index in [0.717, 1.165) is 0 Å². The maximum absolute atomic E-state index is 12.1. The van der Waals surface area contributed by atoms with Crippen LogP contribution in [0.25, 0.3) is 0 Å². The summed E-state index contributed by atoms with van der Waals surface area (Å²) in [5.74, 6) is -0.147. The van der Waals surface area contributed by atoms with Gasteiger partial charge < -0.3 is 10.4 Å². The van der Waals surface area contributed by atoms with Gasteiger partial charge in [-0.05, 0) is 39.9 Å². The number of rotatable bonds is 4. The van der Waals surface area contributed by atoms with Crippen LogP contribution < -0.4 is 5.32 Å². The van der Waals surface area contributed by atoms with Crippen LogP contribution in [0.4, 0.5) is 0 Å². The molecule has 0 fully saturated rings. The lowest BCUT2D eigenvalue weighted by Crippen LogP contribution is -2.44. The van der Waals surface area contributed by atoms with Crippen molar-refractivity contribution in [2.75, 3.05) is 6.61 Å². The number of hydrogen-bond acceptors (Lipinski definition) is 3. The van der Waals surface area contributed by atoms with E-state index in [4.69, 9.17) is 5.11 Å². The Balaban J connectivity index is 2.79. The van der Waals surface area contributed by atoms with Gasteiger partial charge in [0.05, 0.1) is 0 Å². The fraction of sp³-hybridized carbons (Fsp3) is 0.538. The Labute approximate surface area is 116 Å². The van der Waals surface area contributed by atoms with Gasteiger partial charge in [-0.15, -0.1) is 0 Å². The van der Waals surface area contributed by atoms with Gasteiger partial charge in [0.2, 0.25) is 0 Å². The third kappa shape index (κ3) is 4.38. The summed E-state index contributed by atoms with van der Waals surface area (Å²) in [4.78, 5) is 16.1. The molecule has 4 nitrogen and oxygen atoms in total. The van der Waals surface area contributed by atoms with Gasteiger partial charge in [-0.1, -0.05) is 20.8 Å². The largest absolute Gasteiger partial charge is 0.396 e. The molecule has 1 rings (SSSR count). The van der Waals surface area contributed by atoms with E-state index in [-0.39, 0.29) is 24.0 Å². The first-order valence-electron chi connectivity index (χ1n) is 5.88. The van der Waals surface area contributed by atoms with E-state index in [0.29, 0.717) is 16.6 Å². The highest BCUT2D eigenvalue weighted by molar-refractivity contribution is 9.10. The minimum atomic E-state index is -0.147. The number of hydrogen-bond donors (Lipinski definition) is 2. The summed E-state index contributed by atoms with van der Waals surface area (Å²) in [6.45, 7) is 6.17. The number of nitrogens with one attached hydrogen (secondary N) is 1. The van der Waals surface area contributed by atoms with Crippen molar-refractivity contribution in [1.82, 2.24) is 10.3 Å². The molecule has 0 aromatic carbocycles. The molecule has 1 aromatic rings. The molecule has 2 N–H and O–H groups in total. The number of aromatic nitrogens is 1. The molecule has 1 heterocycles. The van der Waals surface area contributed by atoms with Gasteiger partial charge in [0.25, 0.3) is 5.91 Å². The van der Waals surface area contributed by atoms with E-state index in [1.807, 2.05) is 20.8 Å². The van der Waals surface area contributed by atoms with Crippen LogP contribution in [0.2, 0.25) is 0 Å². The van der Waals surface area contributed by atoms with Gasteiger partial charge in [-0.3, -0.25) is 4.79 Å². The molecule has 0 saturated carbocycles. The molecular weight excluding hydrogens is 296 g/mol. The average molecular weight is 315 g/mol. The molecule has 1 atom stereocenters. The van der Waals surface area contributed by atoms with Gasteiger partial charge in [-0.2, -0.15) is 0 Å². The minimum Gasteiger partial charge on any atom is -0.396 e.